The summed E-state index contributed by atoms with van der Waals surface area (Å²) in [5.41, 5.74) is 16.4. The van der Waals surface area contributed by atoms with Gasteiger partial charge in [-0.15, -0.1) is 0 Å². The van der Waals surface area contributed by atoms with Gasteiger partial charge in [0.1, 0.15) is 11.9 Å². The molecule has 10 aromatic rings. The van der Waals surface area contributed by atoms with Gasteiger partial charge in [-0.05, 0) is 112 Å². The third kappa shape index (κ3) is 5.64. The van der Waals surface area contributed by atoms with Crippen molar-refractivity contribution in [2.45, 2.75) is 18.9 Å². The molecule has 2 aromatic heterocycles. The fourth-order valence-electron chi connectivity index (χ4n) is 9.55. The summed E-state index contributed by atoms with van der Waals surface area (Å²) in [6, 6.07) is 70.6. The molecule has 2 aliphatic rings. The predicted octanol–water partition coefficient (Wildman–Crippen LogP) is 14.0. The monoisotopic (exact) mass is 768 g/mol. The largest absolute Gasteiger partial charge is 0.373 e. The van der Waals surface area contributed by atoms with Crippen LogP contribution in [0.5, 0.6) is 0 Å². The third-order valence-electron chi connectivity index (χ3n) is 12.4. The number of nitrogens with one attached hydrogen (secondary N) is 1. The Morgan fingerprint density at radius 1 is 0.433 bits per heavy atom. The number of aliphatic imine (C=N–C) groups is 1. The highest BCUT2D eigenvalue weighted by Gasteiger charge is 2.29. The summed E-state index contributed by atoms with van der Waals surface area (Å²) < 4.78 is 4.82. The van der Waals surface area contributed by atoms with Crippen molar-refractivity contribution >= 4 is 49.4 Å². The number of fused-ring (bicyclic) bond motifs is 6. The summed E-state index contributed by atoms with van der Waals surface area (Å²) in [4.78, 5) is 5.43. The molecule has 4 nitrogen and oxygen atoms in total. The maximum atomic E-state index is 5.43. The van der Waals surface area contributed by atoms with Crippen molar-refractivity contribution in [1.29, 1.82) is 0 Å². The van der Waals surface area contributed by atoms with Gasteiger partial charge in [-0.2, -0.15) is 0 Å². The van der Waals surface area contributed by atoms with Crippen LogP contribution in [0.3, 0.4) is 0 Å². The van der Waals surface area contributed by atoms with Crippen LogP contribution in [-0.2, 0) is 0 Å². The smallest absolute Gasteiger partial charge is 0.141 e. The molecule has 0 saturated heterocycles. The van der Waals surface area contributed by atoms with E-state index in [9.17, 15) is 0 Å². The van der Waals surface area contributed by atoms with Crippen molar-refractivity contribution in [1.82, 2.24) is 14.5 Å². The van der Waals surface area contributed by atoms with Crippen LogP contribution < -0.4 is 5.32 Å². The Labute approximate surface area is 348 Å². The molecule has 0 amide bonds. The molecule has 0 bridgehead atoms. The first-order chi connectivity index (χ1) is 29.7. The highest BCUT2D eigenvalue weighted by atomic mass is 15.2. The average molecular weight is 769 g/mol. The van der Waals surface area contributed by atoms with Crippen molar-refractivity contribution in [2.75, 3.05) is 0 Å². The van der Waals surface area contributed by atoms with Crippen molar-refractivity contribution in [2.24, 2.45) is 4.99 Å². The lowest BCUT2D eigenvalue weighted by Crippen LogP contribution is -2.36. The van der Waals surface area contributed by atoms with Crippen molar-refractivity contribution in [3.63, 3.8) is 0 Å². The van der Waals surface area contributed by atoms with Gasteiger partial charge >= 0.3 is 0 Å². The Hall–Kier alpha value is -7.69. The van der Waals surface area contributed by atoms with Gasteiger partial charge in [-0.25, -0.2) is 4.99 Å². The minimum absolute atomic E-state index is 0.0768. The Morgan fingerprint density at radius 2 is 0.950 bits per heavy atom. The maximum absolute atomic E-state index is 5.43. The molecule has 1 aliphatic heterocycles. The van der Waals surface area contributed by atoms with E-state index in [4.69, 9.17) is 4.99 Å². The predicted molar refractivity (Wildman–Crippen MR) is 251 cm³/mol. The molecule has 1 N–H and O–H groups in total. The van der Waals surface area contributed by atoms with Crippen LogP contribution in [0.25, 0.3) is 82.7 Å². The Kier molecular flexibility index (Phi) is 8.02. The van der Waals surface area contributed by atoms with Gasteiger partial charge in [0.05, 0.1) is 27.8 Å². The van der Waals surface area contributed by atoms with Crippen molar-refractivity contribution in [3.8, 4) is 39.1 Å². The van der Waals surface area contributed by atoms with E-state index < -0.39 is 0 Å². The summed E-state index contributed by atoms with van der Waals surface area (Å²) >= 11 is 0. The van der Waals surface area contributed by atoms with E-state index in [0.717, 1.165) is 41.1 Å². The average Bonchev–Trinajstić information content (AvgIpc) is 3.84. The Morgan fingerprint density at radius 3 is 1.57 bits per heavy atom. The van der Waals surface area contributed by atoms with Crippen LogP contribution >= 0.6 is 0 Å². The number of hydrogen-bond acceptors (Lipinski definition) is 2. The minimum atomic E-state index is -0.0768. The number of aromatic nitrogens is 2. The van der Waals surface area contributed by atoms with Gasteiger partial charge in [0.2, 0.25) is 0 Å². The zero-order valence-corrected chi connectivity index (χ0v) is 33.0. The lowest BCUT2D eigenvalue weighted by Gasteiger charge is -2.31. The molecule has 284 valence electrons. The van der Waals surface area contributed by atoms with Crippen LogP contribution in [0.15, 0.2) is 223 Å². The van der Waals surface area contributed by atoms with E-state index in [1.807, 2.05) is 0 Å². The fourth-order valence-corrected chi connectivity index (χ4v) is 9.55. The lowest BCUT2D eigenvalue weighted by molar-refractivity contribution is 0.662. The number of hydrogen-bond donors (Lipinski definition) is 1. The zero-order chi connectivity index (χ0) is 39.6. The Balaban J connectivity index is 1.02. The molecule has 0 fully saturated rings. The fraction of sp³-hybridized carbons (Fsp3) is 0.0536. The molecular formula is C56H40N4. The highest BCUT2D eigenvalue weighted by Crippen LogP contribution is 2.40. The molecule has 3 heterocycles. The topological polar surface area (TPSA) is 34.2 Å². The summed E-state index contributed by atoms with van der Waals surface area (Å²) in [6.07, 6.45) is 6.41. The summed E-state index contributed by atoms with van der Waals surface area (Å²) in [5.74, 6) is 0.992. The van der Waals surface area contributed by atoms with E-state index in [2.05, 4.69) is 221 Å². The van der Waals surface area contributed by atoms with E-state index in [1.54, 1.807) is 0 Å². The van der Waals surface area contributed by atoms with Crippen molar-refractivity contribution in [3.05, 3.63) is 223 Å². The SMILES string of the molecule is C1=CC2=C(CC1)NC(c1ccccc1)C(n1c3ccccc3c3cc(-c4ccc5c(c4)c4ccccc4n5-c4cc(-c5ccccc5)cc(-c5ccccc5)c4)ccc31)=N2. The minimum Gasteiger partial charge on any atom is -0.373 e. The van der Waals surface area contributed by atoms with E-state index in [0.29, 0.717) is 0 Å². The molecule has 0 spiro atoms. The second-order valence-corrected chi connectivity index (χ2v) is 15.9. The van der Waals surface area contributed by atoms with Gasteiger partial charge in [-0.1, -0.05) is 146 Å². The standard InChI is InChI=1S/C56H40N4/c1-4-16-37(17-5-1)42-32-43(38-18-6-2-7-19-38)34-44(33-42)59-51-26-14-10-22-45(51)47-35-40(28-30-53(47)59)41-29-31-54-48(36-41)46-23-11-15-27-52(46)60(54)56-55(39-20-8-3-9-21-39)57-49-24-12-13-25-50(49)58-56/h1-11,13-23,25-36,55,57H,12,24H2. The van der Waals surface area contributed by atoms with Crippen LogP contribution in [0, 0.1) is 0 Å². The highest BCUT2D eigenvalue weighted by molar-refractivity contribution is 6.17. The number of rotatable bonds is 5. The number of allylic oxidation sites excluding steroid dienone is 3. The molecule has 60 heavy (non-hydrogen) atoms. The quantitative estimate of drug-likeness (QED) is 0.186. The zero-order valence-electron chi connectivity index (χ0n) is 33.0. The molecule has 8 aromatic carbocycles. The van der Waals surface area contributed by atoms with Gasteiger partial charge in [0.15, 0.2) is 0 Å². The lowest BCUT2D eigenvalue weighted by atomic mass is 9.98. The Bertz CT molecular complexity index is 3330. The number of benzene rings is 8. The van der Waals surface area contributed by atoms with Crippen LogP contribution in [-0.4, -0.2) is 15.0 Å². The third-order valence-corrected chi connectivity index (χ3v) is 12.4. The summed E-state index contributed by atoms with van der Waals surface area (Å²) in [7, 11) is 0. The second kappa shape index (κ2) is 14.0. The van der Waals surface area contributed by atoms with E-state index in [1.165, 1.54) is 77.2 Å². The van der Waals surface area contributed by atoms with Gasteiger partial charge in [0.25, 0.3) is 0 Å². The van der Waals surface area contributed by atoms with E-state index in [-0.39, 0.29) is 6.04 Å². The normalized spacial score (nSPS) is 15.1. The van der Waals surface area contributed by atoms with Crippen LogP contribution in [0.4, 0.5) is 0 Å². The molecular weight excluding hydrogens is 729 g/mol. The first kappa shape index (κ1) is 34.4. The molecule has 0 saturated carbocycles. The van der Waals surface area contributed by atoms with Crippen LogP contribution in [0.1, 0.15) is 24.4 Å². The first-order valence-electron chi connectivity index (χ1n) is 20.9. The molecule has 1 unspecified atom stereocenters. The molecule has 4 heteroatoms. The molecule has 0 radical (unpaired) electrons. The summed E-state index contributed by atoms with van der Waals surface area (Å²) in [5, 5.41) is 8.81. The van der Waals surface area contributed by atoms with E-state index >= 15 is 0 Å². The molecule has 12 rings (SSSR count). The number of para-hydroxylation sites is 2. The van der Waals surface area contributed by atoms with Crippen molar-refractivity contribution < 1.29 is 0 Å². The van der Waals surface area contributed by atoms with Crippen LogP contribution in [0.2, 0.25) is 0 Å². The molecule has 1 atom stereocenters. The summed E-state index contributed by atoms with van der Waals surface area (Å²) in [6.45, 7) is 0. The van der Waals surface area contributed by atoms with Gasteiger partial charge in [0, 0.05) is 32.9 Å². The van der Waals surface area contributed by atoms with Gasteiger partial charge in [-0.3, -0.25) is 4.57 Å². The van der Waals surface area contributed by atoms with Gasteiger partial charge < -0.3 is 9.88 Å². The second-order valence-electron chi connectivity index (χ2n) is 15.9. The first-order valence-corrected chi connectivity index (χ1v) is 20.9. The maximum Gasteiger partial charge on any atom is 0.141 e. The number of nitrogens with zero attached hydrogens (tertiary/aromatic N) is 3. The molecule has 1 aliphatic carbocycles.